The van der Waals surface area contributed by atoms with Crippen molar-refractivity contribution in [2.75, 3.05) is 23.8 Å². The van der Waals surface area contributed by atoms with Crippen LogP contribution in [0.3, 0.4) is 0 Å². The van der Waals surface area contributed by atoms with Crippen molar-refractivity contribution in [3.05, 3.63) is 53.1 Å². The van der Waals surface area contributed by atoms with Crippen molar-refractivity contribution >= 4 is 17.3 Å². The van der Waals surface area contributed by atoms with Crippen LogP contribution < -0.4 is 15.4 Å². The second kappa shape index (κ2) is 8.39. The summed E-state index contributed by atoms with van der Waals surface area (Å²) in [4.78, 5) is 12.2. The van der Waals surface area contributed by atoms with Crippen LogP contribution in [-0.4, -0.2) is 19.1 Å². The Morgan fingerprint density at radius 2 is 1.79 bits per heavy atom. The average molecular weight is 326 g/mol. The van der Waals surface area contributed by atoms with Gasteiger partial charge in [0, 0.05) is 17.4 Å². The number of nitrogens with one attached hydrogen (secondary N) is 2. The fourth-order valence-corrected chi connectivity index (χ4v) is 2.66. The lowest BCUT2D eigenvalue weighted by molar-refractivity contribution is -0.114. The number of amides is 1. The summed E-state index contributed by atoms with van der Waals surface area (Å²) in [5.41, 5.74) is 5.13. The Balaban J connectivity index is 1.94. The maximum atomic E-state index is 12.2. The number of rotatable bonds is 7. The van der Waals surface area contributed by atoms with Crippen LogP contribution >= 0.6 is 0 Å². The van der Waals surface area contributed by atoms with Crippen LogP contribution in [0.1, 0.15) is 30.0 Å². The van der Waals surface area contributed by atoms with Crippen LogP contribution in [0.4, 0.5) is 11.4 Å². The van der Waals surface area contributed by atoms with Crippen molar-refractivity contribution in [2.24, 2.45) is 0 Å². The van der Waals surface area contributed by atoms with E-state index in [2.05, 4.69) is 36.6 Å². The van der Waals surface area contributed by atoms with E-state index in [9.17, 15) is 4.79 Å². The number of ether oxygens (including phenoxy) is 1. The van der Waals surface area contributed by atoms with Gasteiger partial charge in [0.2, 0.25) is 5.91 Å². The molecule has 0 aliphatic carbocycles. The van der Waals surface area contributed by atoms with Gasteiger partial charge in [-0.1, -0.05) is 30.7 Å². The predicted octanol–water partition coefficient (Wildman–Crippen LogP) is 4.45. The molecule has 0 saturated heterocycles. The monoisotopic (exact) mass is 326 g/mol. The molecule has 4 heteroatoms. The second-order valence-electron chi connectivity index (χ2n) is 6.05. The SMILES string of the molecule is CCCOc1cccc(NCC(=O)Nc2c(C)cc(C)cc2C)c1. The molecule has 128 valence electrons. The second-order valence-corrected chi connectivity index (χ2v) is 6.05. The quantitative estimate of drug-likeness (QED) is 0.790. The standard InChI is InChI=1S/C20H26N2O2/c1-5-9-24-18-8-6-7-17(12-18)21-13-19(23)22-20-15(3)10-14(2)11-16(20)4/h6-8,10-12,21H,5,9,13H2,1-4H3,(H,22,23). The lowest BCUT2D eigenvalue weighted by Gasteiger charge is -2.14. The van der Waals surface area contributed by atoms with Crippen molar-refractivity contribution in [2.45, 2.75) is 34.1 Å². The van der Waals surface area contributed by atoms with Crippen LogP contribution in [-0.2, 0) is 4.79 Å². The highest BCUT2D eigenvalue weighted by molar-refractivity contribution is 5.95. The number of carbonyl (C=O) groups excluding carboxylic acids is 1. The summed E-state index contributed by atoms with van der Waals surface area (Å²) in [6.45, 7) is 9.05. The first kappa shape index (κ1) is 17.9. The zero-order valence-corrected chi connectivity index (χ0v) is 14.9. The van der Waals surface area contributed by atoms with Gasteiger partial charge in [-0.3, -0.25) is 4.79 Å². The van der Waals surface area contributed by atoms with E-state index < -0.39 is 0 Å². The molecule has 0 radical (unpaired) electrons. The van der Waals surface area contributed by atoms with E-state index in [-0.39, 0.29) is 12.5 Å². The van der Waals surface area contributed by atoms with Gasteiger partial charge in [-0.25, -0.2) is 0 Å². The number of hydrogen-bond donors (Lipinski definition) is 2. The molecule has 2 rings (SSSR count). The molecule has 2 N–H and O–H groups in total. The van der Waals surface area contributed by atoms with Crippen LogP contribution in [0.25, 0.3) is 0 Å². The lowest BCUT2D eigenvalue weighted by atomic mass is 10.1. The van der Waals surface area contributed by atoms with Gasteiger partial charge in [-0.2, -0.15) is 0 Å². The molecule has 0 bridgehead atoms. The lowest BCUT2D eigenvalue weighted by Crippen LogP contribution is -2.22. The summed E-state index contributed by atoms with van der Waals surface area (Å²) in [5.74, 6) is 0.748. The first-order valence-electron chi connectivity index (χ1n) is 8.34. The van der Waals surface area contributed by atoms with Crippen molar-refractivity contribution in [1.29, 1.82) is 0 Å². The molecule has 0 aliphatic heterocycles. The number of aryl methyl sites for hydroxylation is 3. The fraction of sp³-hybridized carbons (Fsp3) is 0.350. The predicted molar refractivity (Wildman–Crippen MR) is 100 cm³/mol. The minimum absolute atomic E-state index is 0.0649. The first-order chi connectivity index (χ1) is 11.5. The number of anilines is 2. The Bertz CT molecular complexity index is 688. The molecule has 0 heterocycles. The Morgan fingerprint density at radius 1 is 1.08 bits per heavy atom. The Morgan fingerprint density at radius 3 is 2.46 bits per heavy atom. The molecular formula is C20H26N2O2. The topological polar surface area (TPSA) is 50.4 Å². The number of carbonyl (C=O) groups is 1. The molecule has 2 aromatic carbocycles. The summed E-state index contributed by atoms with van der Waals surface area (Å²) in [5, 5.41) is 6.13. The van der Waals surface area contributed by atoms with Crippen molar-refractivity contribution in [1.82, 2.24) is 0 Å². The van der Waals surface area contributed by atoms with Crippen LogP contribution in [0, 0.1) is 20.8 Å². The van der Waals surface area contributed by atoms with E-state index in [1.165, 1.54) is 5.56 Å². The molecule has 0 saturated carbocycles. The van der Waals surface area contributed by atoms with E-state index in [0.717, 1.165) is 34.7 Å². The number of benzene rings is 2. The zero-order valence-electron chi connectivity index (χ0n) is 14.9. The smallest absolute Gasteiger partial charge is 0.243 e. The molecule has 0 spiro atoms. The Kier molecular flexibility index (Phi) is 6.24. The average Bonchev–Trinajstić information content (AvgIpc) is 2.54. The van der Waals surface area contributed by atoms with E-state index in [1.54, 1.807) is 0 Å². The van der Waals surface area contributed by atoms with Crippen molar-refractivity contribution < 1.29 is 9.53 Å². The minimum atomic E-state index is -0.0649. The molecule has 0 atom stereocenters. The van der Waals surface area contributed by atoms with Gasteiger partial charge >= 0.3 is 0 Å². The molecular weight excluding hydrogens is 300 g/mol. The van der Waals surface area contributed by atoms with Gasteiger partial charge in [0.05, 0.1) is 13.2 Å². The molecule has 2 aromatic rings. The molecule has 0 unspecified atom stereocenters. The molecule has 24 heavy (non-hydrogen) atoms. The molecule has 1 amide bonds. The molecule has 0 aliphatic rings. The summed E-state index contributed by atoms with van der Waals surface area (Å²) >= 11 is 0. The maximum absolute atomic E-state index is 12.2. The van der Waals surface area contributed by atoms with Crippen molar-refractivity contribution in [3.63, 3.8) is 0 Å². The van der Waals surface area contributed by atoms with Crippen molar-refractivity contribution in [3.8, 4) is 5.75 Å². The van der Waals surface area contributed by atoms with Crippen LogP contribution in [0.15, 0.2) is 36.4 Å². The van der Waals surface area contributed by atoms with Crippen LogP contribution in [0.2, 0.25) is 0 Å². The minimum Gasteiger partial charge on any atom is -0.494 e. The molecule has 4 nitrogen and oxygen atoms in total. The summed E-state index contributed by atoms with van der Waals surface area (Å²) in [7, 11) is 0. The van der Waals surface area contributed by atoms with Gasteiger partial charge in [-0.15, -0.1) is 0 Å². The van der Waals surface area contributed by atoms with E-state index in [0.29, 0.717) is 6.61 Å². The normalized spacial score (nSPS) is 10.3. The van der Waals surface area contributed by atoms with E-state index in [1.807, 2.05) is 38.1 Å². The molecule has 0 aromatic heterocycles. The summed E-state index contributed by atoms with van der Waals surface area (Å²) < 4.78 is 5.60. The maximum Gasteiger partial charge on any atom is 0.243 e. The largest absolute Gasteiger partial charge is 0.494 e. The zero-order chi connectivity index (χ0) is 17.5. The summed E-state index contributed by atoms with van der Waals surface area (Å²) in [6, 6.07) is 11.8. The molecule has 0 fully saturated rings. The van der Waals surface area contributed by atoms with Gasteiger partial charge in [0.25, 0.3) is 0 Å². The van der Waals surface area contributed by atoms with Gasteiger partial charge in [0.15, 0.2) is 0 Å². The third-order valence-corrected chi connectivity index (χ3v) is 3.70. The highest BCUT2D eigenvalue weighted by Gasteiger charge is 2.08. The third-order valence-electron chi connectivity index (χ3n) is 3.70. The van der Waals surface area contributed by atoms with E-state index in [4.69, 9.17) is 4.74 Å². The van der Waals surface area contributed by atoms with E-state index >= 15 is 0 Å². The highest BCUT2D eigenvalue weighted by atomic mass is 16.5. The van der Waals surface area contributed by atoms with Gasteiger partial charge in [0.1, 0.15) is 5.75 Å². The fourth-order valence-electron chi connectivity index (χ4n) is 2.66. The van der Waals surface area contributed by atoms with Crippen LogP contribution in [0.5, 0.6) is 5.75 Å². The van der Waals surface area contributed by atoms with Gasteiger partial charge < -0.3 is 15.4 Å². The first-order valence-corrected chi connectivity index (χ1v) is 8.34. The number of hydrogen-bond acceptors (Lipinski definition) is 3. The third kappa shape index (κ3) is 5.01. The Hall–Kier alpha value is -2.49. The summed E-state index contributed by atoms with van der Waals surface area (Å²) in [6.07, 6.45) is 0.968. The van der Waals surface area contributed by atoms with Gasteiger partial charge in [-0.05, 0) is 50.5 Å². The highest BCUT2D eigenvalue weighted by Crippen LogP contribution is 2.22. The Labute approximate surface area is 144 Å².